The third-order valence-corrected chi connectivity index (χ3v) is 3.53. The van der Waals surface area contributed by atoms with Gasteiger partial charge in [-0.15, -0.1) is 0 Å². The summed E-state index contributed by atoms with van der Waals surface area (Å²) in [7, 11) is 0. The Hall–Kier alpha value is -1.46. The van der Waals surface area contributed by atoms with Crippen molar-refractivity contribution in [2.75, 3.05) is 13.2 Å². The SMILES string of the molecule is Cc1ccc(CNC(=O)C2(N)CCOCC2)cc1F. The van der Waals surface area contributed by atoms with Gasteiger partial charge in [0.25, 0.3) is 0 Å². The van der Waals surface area contributed by atoms with Crippen LogP contribution in [0.2, 0.25) is 0 Å². The topological polar surface area (TPSA) is 64.4 Å². The van der Waals surface area contributed by atoms with Crippen LogP contribution >= 0.6 is 0 Å². The van der Waals surface area contributed by atoms with Gasteiger partial charge in [-0.3, -0.25) is 4.79 Å². The molecule has 0 atom stereocenters. The molecule has 1 heterocycles. The molecule has 4 nitrogen and oxygen atoms in total. The predicted molar refractivity (Wildman–Crippen MR) is 70.0 cm³/mol. The molecule has 1 fully saturated rings. The average molecular weight is 266 g/mol. The molecule has 3 N–H and O–H groups in total. The first-order valence-corrected chi connectivity index (χ1v) is 6.41. The third-order valence-electron chi connectivity index (χ3n) is 3.53. The summed E-state index contributed by atoms with van der Waals surface area (Å²) in [5.41, 5.74) is 6.52. The highest BCUT2D eigenvalue weighted by Crippen LogP contribution is 2.18. The van der Waals surface area contributed by atoms with E-state index in [4.69, 9.17) is 10.5 Å². The van der Waals surface area contributed by atoms with Crippen LogP contribution in [-0.2, 0) is 16.1 Å². The molecule has 0 saturated carbocycles. The number of nitrogens with one attached hydrogen (secondary N) is 1. The number of aryl methyl sites for hydroxylation is 1. The average Bonchev–Trinajstić information content (AvgIpc) is 2.40. The first kappa shape index (κ1) is 14.0. The van der Waals surface area contributed by atoms with E-state index in [1.165, 1.54) is 6.07 Å². The zero-order valence-corrected chi connectivity index (χ0v) is 11.0. The molecule has 1 aromatic carbocycles. The van der Waals surface area contributed by atoms with E-state index in [0.29, 0.717) is 31.6 Å². The quantitative estimate of drug-likeness (QED) is 0.865. The Kier molecular flexibility index (Phi) is 4.17. The number of nitrogens with two attached hydrogens (primary N) is 1. The van der Waals surface area contributed by atoms with E-state index in [0.717, 1.165) is 5.56 Å². The lowest BCUT2D eigenvalue weighted by Gasteiger charge is -2.31. The summed E-state index contributed by atoms with van der Waals surface area (Å²) < 4.78 is 18.6. The highest BCUT2D eigenvalue weighted by atomic mass is 19.1. The molecular formula is C14H19FN2O2. The number of carbonyl (C=O) groups is 1. The van der Waals surface area contributed by atoms with E-state index in [9.17, 15) is 9.18 Å². The van der Waals surface area contributed by atoms with Crippen molar-refractivity contribution in [2.24, 2.45) is 5.73 Å². The van der Waals surface area contributed by atoms with Crippen molar-refractivity contribution in [2.45, 2.75) is 31.8 Å². The Labute approximate surface area is 112 Å². The zero-order valence-electron chi connectivity index (χ0n) is 11.0. The number of carbonyl (C=O) groups excluding carboxylic acids is 1. The number of benzene rings is 1. The summed E-state index contributed by atoms with van der Waals surface area (Å²) in [6, 6.07) is 4.93. The van der Waals surface area contributed by atoms with E-state index in [1.54, 1.807) is 19.1 Å². The minimum absolute atomic E-state index is 0.197. The molecule has 5 heteroatoms. The van der Waals surface area contributed by atoms with Crippen molar-refractivity contribution in [3.05, 3.63) is 35.1 Å². The van der Waals surface area contributed by atoms with Gasteiger partial charge in [0.1, 0.15) is 5.82 Å². The van der Waals surface area contributed by atoms with E-state index in [1.807, 2.05) is 0 Å². The number of amides is 1. The van der Waals surface area contributed by atoms with Gasteiger partial charge in [0, 0.05) is 19.8 Å². The van der Waals surface area contributed by atoms with Gasteiger partial charge in [-0.25, -0.2) is 4.39 Å². The Balaban J connectivity index is 1.94. The maximum Gasteiger partial charge on any atom is 0.240 e. The Morgan fingerprint density at radius 3 is 2.79 bits per heavy atom. The smallest absolute Gasteiger partial charge is 0.240 e. The zero-order chi connectivity index (χ0) is 13.9. The van der Waals surface area contributed by atoms with Gasteiger partial charge in [-0.05, 0) is 37.0 Å². The fraction of sp³-hybridized carbons (Fsp3) is 0.500. The summed E-state index contributed by atoms with van der Waals surface area (Å²) in [6.07, 6.45) is 1.03. The van der Waals surface area contributed by atoms with Gasteiger partial charge in [-0.1, -0.05) is 12.1 Å². The molecule has 0 spiro atoms. The van der Waals surface area contributed by atoms with Crippen molar-refractivity contribution < 1.29 is 13.9 Å². The van der Waals surface area contributed by atoms with Crippen LogP contribution in [0.3, 0.4) is 0 Å². The van der Waals surface area contributed by atoms with E-state index in [2.05, 4.69) is 5.32 Å². The van der Waals surface area contributed by atoms with Crippen molar-refractivity contribution in [3.63, 3.8) is 0 Å². The molecule has 0 bridgehead atoms. The maximum absolute atomic E-state index is 13.4. The van der Waals surface area contributed by atoms with Crippen LogP contribution in [0.1, 0.15) is 24.0 Å². The molecular weight excluding hydrogens is 247 g/mol. The Bertz CT molecular complexity index is 471. The highest BCUT2D eigenvalue weighted by Gasteiger charge is 2.35. The first-order valence-electron chi connectivity index (χ1n) is 6.41. The van der Waals surface area contributed by atoms with Gasteiger partial charge >= 0.3 is 0 Å². The number of halogens is 1. The predicted octanol–water partition coefficient (Wildman–Crippen LogP) is 1.26. The van der Waals surface area contributed by atoms with Crippen LogP contribution in [0.4, 0.5) is 4.39 Å². The standard InChI is InChI=1S/C14H19FN2O2/c1-10-2-3-11(8-12(10)15)9-17-13(18)14(16)4-6-19-7-5-14/h2-3,8H,4-7,9,16H2,1H3,(H,17,18). The second kappa shape index (κ2) is 5.67. The monoisotopic (exact) mass is 266 g/mol. The second-order valence-corrected chi connectivity index (χ2v) is 5.03. The van der Waals surface area contributed by atoms with Gasteiger partial charge in [0.15, 0.2) is 0 Å². The Morgan fingerprint density at radius 2 is 2.16 bits per heavy atom. The van der Waals surface area contributed by atoms with Crippen LogP contribution in [0.5, 0.6) is 0 Å². The lowest BCUT2D eigenvalue weighted by Crippen LogP contribution is -2.56. The summed E-state index contributed by atoms with van der Waals surface area (Å²) in [5, 5.41) is 2.77. The van der Waals surface area contributed by atoms with E-state index < -0.39 is 5.54 Å². The van der Waals surface area contributed by atoms with Crippen LogP contribution < -0.4 is 11.1 Å². The highest BCUT2D eigenvalue weighted by molar-refractivity contribution is 5.86. The van der Waals surface area contributed by atoms with Crippen LogP contribution in [0.15, 0.2) is 18.2 Å². The molecule has 0 unspecified atom stereocenters. The molecule has 1 amide bonds. The minimum atomic E-state index is -0.860. The molecule has 1 aliphatic rings. The fourth-order valence-electron chi connectivity index (χ4n) is 2.07. The molecule has 2 rings (SSSR count). The normalized spacial score (nSPS) is 18.1. The van der Waals surface area contributed by atoms with Gasteiger partial charge in [-0.2, -0.15) is 0 Å². The number of ether oxygens (including phenoxy) is 1. The van der Waals surface area contributed by atoms with Crippen molar-refractivity contribution in [3.8, 4) is 0 Å². The molecule has 0 aliphatic carbocycles. The largest absolute Gasteiger partial charge is 0.381 e. The van der Waals surface area contributed by atoms with Gasteiger partial charge in [0.2, 0.25) is 5.91 Å². The number of hydrogen-bond donors (Lipinski definition) is 2. The molecule has 1 aliphatic heterocycles. The van der Waals surface area contributed by atoms with Gasteiger partial charge < -0.3 is 15.8 Å². The van der Waals surface area contributed by atoms with Crippen molar-refractivity contribution in [1.82, 2.24) is 5.32 Å². The summed E-state index contributed by atoms with van der Waals surface area (Å²) in [4.78, 5) is 12.1. The van der Waals surface area contributed by atoms with Crippen LogP contribution in [0, 0.1) is 12.7 Å². The van der Waals surface area contributed by atoms with Crippen molar-refractivity contribution >= 4 is 5.91 Å². The second-order valence-electron chi connectivity index (χ2n) is 5.03. The molecule has 104 valence electrons. The summed E-state index contributed by atoms with van der Waals surface area (Å²) >= 11 is 0. The van der Waals surface area contributed by atoms with Gasteiger partial charge in [0.05, 0.1) is 5.54 Å². The maximum atomic E-state index is 13.4. The van der Waals surface area contributed by atoms with Crippen molar-refractivity contribution in [1.29, 1.82) is 0 Å². The fourth-order valence-corrected chi connectivity index (χ4v) is 2.07. The lowest BCUT2D eigenvalue weighted by molar-refractivity contribution is -0.129. The van der Waals surface area contributed by atoms with Crippen LogP contribution in [-0.4, -0.2) is 24.7 Å². The molecule has 19 heavy (non-hydrogen) atoms. The summed E-state index contributed by atoms with van der Waals surface area (Å²) in [5.74, 6) is -0.461. The Morgan fingerprint density at radius 1 is 1.47 bits per heavy atom. The third kappa shape index (κ3) is 3.30. The molecule has 0 radical (unpaired) electrons. The molecule has 1 saturated heterocycles. The van der Waals surface area contributed by atoms with E-state index >= 15 is 0 Å². The molecule has 0 aromatic heterocycles. The summed E-state index contributed by atoms with van der Waals surface area (Å²) in [6.45, 7) is 3.00. The number of rotatable bonds is 3. The van der Waals surface area contributed by atoms with Crippen LogP contribution in [0.25, 0.3) is 0 Å². The lowest BCUT2D eigenvalue weighted by atomic mass is 9.90. The first-order chi connectivity index (χ1) is 9.01. The molecule has 1 aromatic rings. The van der Waals surface area contributed by atoms with E-state index in [-0.39, 0.29) is 18.3 Å². The minimum Gasteiger partial charge on any atom is -0.381 e. The number of hydrogen-bond acceptors (Lipinski definition) is 3.